The van der Waals surface area contributed by atoms with Crippen LogP contribution in [-0.2, 0) is 29.2 Å². The molecule has 1 aliphatic heterocycles. The van der Waals surface area contributed by atoms with Gasteiger partial charge in [0.15, 0.2) is 5.82 Å². The van der Waals surface area contributed by atoms with Crippen LogP contribution in [0.25, 0.3) is 0 Å². The number of hydrogen-bond acceptors (Lipinski definition) is 4. The average molecular weight is 373 g/mol. The van der Waals surface area contributed by atoms with Crippen LogP contribution in [0.2, 0.25) is 0 Å². The van der Waals surface area contributed by atoms with Gasteiger partial charge in [0.25, 0.3) is 0 Å². The van der Waals surface area contributed by atoms with Crippen molar-refractivity contribution >= 4 is 11.8 Å². The van der Waals surface area contributed by atoms with Gasteiger partial charge in [0.05, 0.1) is 12.5 Å². The van der Waals surface area contributed by atoms with Crippen LogP contribution in [0, 0.1) is 11.7 Å². The molecular formula is C19H24FN5O2. The Balaban J connectivity index is 1.58. The summed E-state index contributed by atoms with van der Waals surface area (Å²) in [5.41, 5.74) is 0.458. The molecule has 0 saturated carbocycles. The number of amides is 2. The standard InChI is InChI=1S/C19H24FN5O2/c1-2-9-24-13-22-23-17(24)10-21-19(27)15-7-8-18(26)25(12-15)11-14-5-3-4-6-16(14)20/h3-6,13,15H,2,7-12H2,1H3,(H,21,27). The maximum atomic E-state index is 13.9. The first-order valence-corrected chi connectivity index (χ1v) is 9.24. The highest BCUT2D eigenvalue weighted by Gasteiger charge is 2.30. The van der Waals surface area contributed by atoms with E-state index in [1.807, 2.05) is 4.57 Å². The monoisotopic (exact) mass is 373 g/mol. The molecule has 1 aromatic carbocycles. The number of benzene rings is 1. The third kappa shape index (κ3) is 4.69. The second kappa shape index (κ2) is 8.75. The number of rotatable bonds is 7. The summed E-state index contributed by atoms with van der Waals surface area (Å²) >= 11 is 0. The molecule has 0 bridgehead atoms. The molecule has 1 saturated heterocycles. The smallest absolute Gasteiger partial charge is 0.225 e. The van der Waals surface area contributed by atoms with Gasteiger partial charge in [0.2, 0.25) is 11.8 Å². The Kier molecular flexibility index (Phi) is 6.16. The third-order valence-corrected chi connectivity index (χ3v) is 4.77. The van der Waals surface area contributed by atoms with Crippen molar-refractivity contribution in [3.63, 3.8) is 0 Å². The molecular weight excluding hydrogens is 349 g/mol. The number of aryl methyl sites for hydroxylation is 1. The molecule has 144 valence electrons. The Morgan fingerprint density at radius 2 is 2.19 bits per heavy atom. The van der Waals surface area contributed by atoms with Crippen LogP contribution < -0.4 is 5.32 Å². The minimum Gasteiger partial charge on any atom is -0.348 e. The van der Waals surface area contributed by atoms with Crippen LogP contribution in [0.3, 0.4) is 0 Å². The predicted octanol–water partition coefficient (Wildman–Crippen LogP) is 1.88. The molecule has 2 aromatic rings. The molecule has 1 unspecified atom stereocenters. The van der Waals surface area contributed by atoms with Gasteiger partial charge in [-0.25, -0.2) is 4.39 Å². The molecule has 0 spiro atoms. The van der Waals surface area contributed by atoms with Crippen LogP contribution >= 0.6 is 0 Å². The molecule has 3 rings (SSSR count). The van der Waals surface area contributed by atoms with Crippen molar-refractivity contribution in [3.8, 4) is 0 Å². The zero-order valence-electron chi connectivity index (χ0n) is 15.4. The predicted molar refractivity (Wildman–Crippen MR) is 96.7 cm³/mol. The summed E-state index contributed by atoms with van der Waals surface area (Å²) in [6, 6.07) is 6.39. The van der Waals surface area contributed by atoms with Crippen molar-refractivity contribution in [1.82, 2.24) is 25.0 Å². The fraction of sp³-hybridized carbons (Fsp3) is 0.474. The molecule has 2 amide bonds. The lowest BCUT2D eigenvalue weighted by Crippen LogP contribution is -2.45. The van der Waals surface area contributed by atoms with E-state index in [1.165, 1.54) is 6.07 Å². The summed E-state index contributed by atoms with van der Waals surface area (Å²) in [5.74, 6) is -0.110. The number of nitrogens with zero attached hydrogens (tertiary/aromatic N) is 4. The first-order valence-electron chi connectivity index (χ1n) is 9.24. The second-order valence-electron chi connectivity index (χ2n) is 6.76. The van der Waals surface area contributed by atoms with Gasteiger partial charge in [-0.15, -0.1) is 10.2 Å². The van der Waals surface area contributed by atoms with Crippen molar-refractivity contribution in [2.75, 3.05) is 6.54 Å². The summed E-state index contributed by atoms with van der Waals surface area (Å²) in [5, 5.41) is 10.8. The van der Waals surface area contributed by atoms with E-state index in [0.29, 0.717) is 37.3 Å². The summed E-state index contributed by atoms with van der Waals surface area (Å²) in [7, 11) is 0. The van der Waals surface area contributed by atoms with E-state index >= 15 is 0 Å². The topological polar surface area (TPSA) is 80.1 Å². The number of carbonyl (C=O) groups excluding carboxylic acids is 2. The van der Waals surface area contributed by atoms with Gasteiger partial charge < -0.3 is 14.8 Å². The van der Waals surface area contributed by atoms with Gasteiger partial charge in [-0.1, -0.05) is 25.1 Å². The Morgan fingerprint density at radius 3 is 2.96 bits per heavy atom. The lowest BCUT2D eigenvalue weighted by molar-refractivity contribution is -0.139. The van der Waals surface area contributed by atoms with Crippen molar-refractivity contribution in [2.24, 2.45) is 5.92 Å². The highest BCUT2D eigenvalue weighted by atomic mass is 19.1. The van der Waals surface area contributed by atoms with Gasteiger partial charge in [-0.3, -0.25) is 9.59 Å². The molecule has 7 nitrogen and oxygen atoms in total. The number of nitrogens with one attached hydrogen (secondary N) is 1. The minimum atomic E-state index is -0.341. The van der Waals surface area contributed by atoms with Gasteiger partial charge in [-0.05, 0) is 18.9 Å². The van der Waals surface area contributed by atoms with Crippen LogP contribution in [-0.4, -0.2) is 38.0 Å². The molecule has 27 heavy (non-hydrogen) atoms. The number of likely N-dealkylation sites (tertiary alicyclic amines) is 1. The first kappa shape index (κ1) is 19.0. The summed E-state index contributed by atoms with van der Waals surface area (Å²) < 4.78 is 15.8. The summed E-state index contributed by atoms with van der Waals surface area (Å²) in [4.78, 5) is 26.3. The SMILES string of the molecule is CCCn1cnnc1CNC(=O)C1CCC(=O)N(Cc2ccccc2F)C1. The van der Waals surface area contributed by atoms with E-state index in [2.05, 4.69) is 22.4 Å². The number of halogens is 1. The van der Waals surface area contributed by atoms with E-state index in [0.717, 1.165) is 13.0 Å². The van der Waals surface area contributed by atoms with E-state index in [-0.39, 0.29) is 30.1 Å². The number of aromatic nitrogens is 3. The van der Waals surface area contributed by atoms with Gasteiger partial charge in [-0.2, -0.15) is 0 Å². The summed E-state index contributed by atoms with van der Waals surface area (Å²) in [6.45, 7) is 3.63. The molecule has 1 atom stereocenters. The summed E-state index contributed by atoms with van der Waals surface area (Å²) in [6.07, 6.45) is 3.40. The van der Waals surface area contributed by atoms with Crippen LogP contribution in [0.1, 0.15) is 37.6 Å². The van der Waals surface area contributed by atoms with Crippen LogP contribution in [0.5, 0.6) is 0 Å². The Labute approximate surface area is 157 Å². The molecule has 0 radical (unpaired) electrons. The Morgan fingerprint density at radius 1 is 1.37 bits per heavy atom. The fourth-order valence-electron chi connectivity index (χ4n) is 3.27. The fourth-order valence-corrected chi connectivity index (χ4v) is 3.27. The molecule has 1 aromatic heterocycles. The zero-order valence-corrected chi connectivity index (χ0v) is 15.4. The van der Waals surface area contributed by atoms with Crippen LogP contribution in [0.4, 0.5) is 4.39 Å². The maximum Gasteiger partial charge on any atom is 0.225 e. The Bertz CT molecular complexity index is 807. The van der Waals surface area contributed by atoms with Crippen molar-refractivity contribution in [3.05, 3.63) is 47.8 Å². The van der Waals surface area contributed by atoms with E-state index in [4.69, 9.17) is 0 Å². The van der Waals surface area contributed by atoms with E-state index in [9.17, 15) is 14.0 Å². The number of hydrogen-bond donors (Lipinski definition) is 1. The van der Waals surface area contributed by atoms with Gasteiger partial charge >= 0.3 is 0 Å². The average Bonchev–Trinajstić information content (AvgIpc) is 3.11. The Hall–Kier alpha value is -2.77. The molecule has 1 aliphatic rings. The lowest BCUT2D eigenvalue weighted by atomic mass is 9.96. The number of carbonyl (C=O) groups is 2. The third-order valence-electron chi connectivity index (χ3n) is 4.77. The normalized spacial score (nSPS) is 17.2. The van der Waals surface area contributed by atoms with Gasteiger partial charge in [0.1, 0.15) is 12.1 Å². The molecule has 1 fully saturated rings. The first-order chi connectivity index (χ1) is 13.1. The quantitative estimate of drug-likeness (QED) is 0.804. The van der Waals surface area contributed by atoms with Crippen LogP contribution in [0.15, 0.2) is 30.6 Å². The van der Waals surface area contributed by atoms with E-state index in [1.54, 1.807) is 29.4 Å². The van der Waals surface area contributed by atoms with Crippen molar-refractivity contribution < 1.29 is 14.0 Å². The minimum absolute atomic E-state index is 0.0509. The van der Waals surface area contributed by atoms with Crippen molar-refractivity contribution in [1.29, 1.82) is 0 Å². The molecule has 2 heterocycles. The van der Waals surface area contributed by atoms with Gasteiger partial charge in [0, 0.05) is 31.6 Å². The lowest BCUT2D eigenvalue weighted by Gasteiger charge is -2.32. The van der Waals surface area contributed by atoms with E-state index < -0.39 is 0 Å². The molecule has 1 N–H and O–H groups in total. The number of piperidine rings is 1. The molecule has 0 aliphatic carbocycles. The second-order valence-corrected chi connectivity index (χ2v) is 6.76. The van der Waals surface area contributed by atoms with Crippen molar-refractivity contribution in [2.45, 2.75) is 45.8 Å². The largest absolute Gasteiger partial charge is 0.348 e. The highest BCUT2D eigenvalue weighted by molar-refractivity contribution is 5.83. The maximum absolute atomic E-state index is 13.9. The zero-order chi connectivity index (χ0) is 19.2. The molecule has 8 heteroatoms. The highest BCUT2D eigenvalue weighted by Crippen LogP contribution is 2.21.